The van der Waals surface area contributed by atoms with Gasteiger partial charge in [-0.15, -0.1) is 0 Å². The largest absolute Gasteiger partial charge is 0.393 e. The zero-order valence-electron chi connectivity index (χ0n) is 16.3. The van der Waals surface area contributed by atoms with Gasteiger partial charge in [0.25, 0.3) is 0 Å². The van der Waals surface area contributed by atoms with E-state index >= 15 is 0 Å². The molecule has 1 aromatic rings. The lowest BCUT2D eigenvalue weighted by Gasteiger charge is -2.56. The minimum atomic E-state index is -0.187. The molecule has 0 unspecified atom stereocenters. The Morgan fingerprint density at radius 3 is 2.62 bits per heavy atom. The summed E-state index contributed by atoms with van der Waals surface area (Å²) >= 11 is 2.35. The third kappa shape index (κ3) is 4.05. The summed E-state index contributed by atoms with van der Waals surface area (Å²) in [7, 11) is 0. The maximum Gasteiger partial charge on any atom is 0.0615 e. The van der Waals surface area contributed by atoms with Gasteiger partial charge in [0.2, 0.25) is 0 Å². The summed E-state index contributed by atoms with van der Waals surface area (Å²) in [4.78, 5) is 0. The van der Waals surface area contributed by atoms with Crippen molar-refractivity contribution < 1.29 is 10.2 Å². The first kappa shape index (κ1) is 20.3. The van der Waals surface area contributed by atoms with E-state index in [4.69, 9.17) is 0 Å². The van der Waals surface area contributed by atoms with Crippen molar-refractivity contribution in [1.82, 2.24) is 0 Å². The highest BCUT2D eigenvalue weighted by atomic mass is 127. The lowest BCUT2D eigenvalue weighted by Crippen LogP contribution is -2.52. The highest BCUT2D eigenvalue weighted by molar-refractivity contribution is 14.1. The number of allylic oxidation sites excluding steroid dienone is 1. The van der Waals surface area contributed by atoms with E-state index < -0.39 is 0 Å². The molecule has 2 aliphatic carbocycles. The molecule has 0 spiro atoms. The molecule has 0 aliphatic heterocycles. The zero-order valence-corrected chi connectivity index (χ0v) is 18.4. The second-order valence-corrected chi connectivity index (χ2v) is 10.2. The van der Waals surface area contributed by atoms with Crippen LogP contribution in [0.1, 0.15) is 52.0 Å². The number of benzene rings is 1. The third-order valence-corrected chi connectivity index (χ3v) is 8.25. The van der Waals surface area contributed by atoms with Crippen molar-refractivity contribution >= 4 is 22.6 Å². The van der Waals surface area contributed by atoms with Crippen LogP contribution in [0.2, 0.25) is 0 Å². The minimum absolute atomic E-state index is 0.145. The number of rotatable bonds is 4. The molecule has 26 heavy (non-hydrogen) atoms. The maximum atomic E-state index is 10.9. The van der Waals surface area contributed by atoms with E-state index in [1.807, 2.05) is 6.08 Å². The Bertz CT molecular complexity index is 638. The Balaban J connectivity index is 1.82. The normalized spacial score (nSPS) is 38.1. The predicted molar refractivity (Wildman–Crippen MR) is 116 cm³/mol. The molecular weight excluding hydrogens is 435 g/mol. The van der Waals surface area contributed by atoms with Crippen molar-refractivity contribution in [2.24, 2.45) is 29.1 Å². The summed E-state index contributed by atoms with van der Waals surface area (Å²) in [6, 6.07) is 8.80. The van der Waals surface area contributed by atoms with Crippen LogP contribution in [0.3, 0.4) is 0 Å². The molecule has 144 valence electrons. The molecule has 2 aliphatic rings. The summed E-state index contributed by atoms with van der Waals surface area (Å²) < 4.78 is 1.26. The van der Waals surface area contributed by atoms with Crippen LogP contribution in [0.15, 0.2) is 35.9 Å². The maximum absolute atomic E-state index is 10.9. The molecule has 2 saturated carbocycles. The summed E-state index contributed by atoms with van der Waals surface area (Å²) in [5.74, 6) is 2.07. The summed E-state index contributed by atoms with van der Waals surface area (Å²) in [5.41, 5.74) is 2.98. The first-order valence-electron chi connectivity index (χ1n) is 10.0. The van der Waals surface area contributed by atoms with Gasteiger partial charge < -0.3 is 10.2 Å². The number of aliphatic hydroxyl groups excluding tert-OH is 2. The van der Waals surface area contributed by atoms with E-state index in [0.717, 1.165) is 12.8 Å². The summed E-state index contributed by atoms with van der Waals surface area (Å²) in [6.45, 7) is 7.13. The van der Waals surface area contributed by atoms with Gasteiger partial charge in [0.05, 0.1) is 12.7 Å². The number of hydrogen-bond acceptors (Lipinski definition) is 2. The summed E-state index contributed by atoms with van der Waals surface area (Å²) in [6.07, 6.45) is 7.27. The second kappa shape index (κ2) is 8.32. The van der Waals surface area contributed by atoms with Crippen LogP contribution in [0.25, 0.3) is 0 Å². The molecule has 2 N–H and O–H groups in total. The van der Waals surface area contributed by atoms with E-state index in [1.54, 1.807) is 0 Å². The molecule has 3 rings (SSSR count). The Morgan fingerprint density at radius 2 is 1.96 bits per heavy atom. The molecule has 0 saturated heterocycles. The average Bonchev–Trinajstić information content (AvgIpc) is 2.60. The zero-order chi connectivity index (χ0) is 18.9. The summed E-state index contributed by atoms with van der Waals surface area (Å²) in [5, 5.41) is 20.2. The van der Waals surface area contributed by atoms with Gasteiger partial charge in [0.1, 0.15) is 0 Å². The Kier molecular flexibility index (Phi) is 6.51. The average molecular weight is 468 g/mol. The fourth-order valence-electron chi connectivity index (χ4n) is 5.71. The van der Waals surface area contributed by atoms with Gasteiger partial charge in [-0.25, -0.2) is 0 Å². The Labute approximate surface area is 172 Å². The van der Waals surface area contributed by atoms with Crippen LogP contribution in [0.5, 0.6) is 0 Å². The van der Waals surface area contributed by atoms with Crippen molar-refractivity contribution in [2.45, 2.75) is 59.0 Å². The first-order chi connectivity index (χ1) is 12.3. The minimum Gasteiger partial charge on any atom is -0.393 e. The van der Waals surface area contributed by atoms with Crippen LogP contribution in [0.4, 0.5) is 0 Å². The van der Waals surface area contributed by atoms with Crippen LogP contribution in [-0.4, -0.2) is 22.9 Å². The molecule has 0 amide bonds. The molecule has 6 atom stereocenters. The molecule has 3 heteroatoms. The van der Waals surface area contributed by atoms with Crippen molar-refractivity contribution in [1.29, 1.82) is 0 Å². The molecule has 0 heterocycles. The van der Waals surface area contributed by atoms with Gasteiger partial charge in [0, 0.05) is 3.57 Å². The quantitative estimate of drug-likeness (QED) is 0.471. The SMILES string of the molecule is C/C(=C\CO)[C@@H]1CC[C@H]2[C@H](Cc3ccc(I)cc3)[C@H](O)C[C@@H](C)[C@]2(C)C1. The lowest BCUT2D eigenvalue weighted by atomic mass is 9.49. The monoisotopic (exact) mass is 468 g/mol. The van der Waals surface area contributed by atoms with Gasteiger partial charge in [-0.1, -0.05) is 37.6 Å². The highest BCUT2D eigenvalue weighted by Gasteiger charge is 2.52. The van der Waals surface area contributed by atoms with Gasteiger partial charge in [-0.2, -0.15) is 0 Å². The highest BCUT2D eigenvalue weighted by Crippen LogP contribution is 2.58. The molecule has 0 bridgehead atoms. The van der Waals surface area contributed by atoms with Crippen molar-refractivity contribution in [3.05, 3.63) is 45.0 Å². The van der Waals surface area contributed by atoms with Crippen molar-refractivity contribution in [3.63, 3.8) is 0 Å². The topological polar surface area (TPSA) is 40.5 Å². The van der Waals surface area contributed by atoms with Gasteiger partial charge in [0.15, 0.2) is 0 Å². The van der Waals surface area contributed by atoms with E-state index in [9.17, 15) is 10.2 Å². The predicted octanol–water partition coefficient (Wildman–Crippen LogP) is 5.21. The van der Waals surface area contributed by atoms with E-state index in [2.05, 4.69) is 67.6 Å². The Morgan fingerprint density at radius 1 is 1.27 bits per heavy atom. The lowest BCUT2D eigenvalue weighted by molar-refractivity contribution is -0.105. The van der Waals surface area contributed by atoms with Crippen LogP contribution in [-0.2, 0) is 6.42 Å². The molecule has 0 aromatic heterocycles. The number of halogens is 1. The number of aliphatic hydroxyl groups is 2. The Hall–Kier alpha value is -0.390. The van der Waals surface area contributed by atoms with Crippen molar-refractivity contribution in [3.8, 4) is 0 Å². The van der Waals surface area contributed by atoms with Crippen LogP contribution >= 0.6 is 22.6 Å². The molecule has 2 fully saturated rings. The van der Waals surface area contributed by atoms with Crippen molar-refractivity contribution in [2.75, 3.05) is 6.61 Å². The van der Waals surface area contributed by atoms with Crippen LogP contribution in [0, 0.1) is 32.7 Å². The van der Waals surface area contributed by atoms with E-state index in [-0.39, 0.29) is 18.1 Å². The fraction of sp³-hybridized carbons (Fsp3) is 0.652. The molecule has 0 radical (unpaired) electrons. The number of hydrogen-bond donors (Lipinski definition) is 2. The first-order valence-corrected chi connectivity index (χ1v) is 11.1. The number of fused-ring (bicyclic) bond motifs is 1. The molecular formula is C23H33IO2. The fourth-order valence-corrected chi connectivity index (χ4v) is 6.07. The van der Waals surface area contributed by atoms with Gasteiger partial charge in [-0.05, 0) is 108 Å². The molecule has 2 nitrogen and oxygen atoms in total. The van der Waals surface area contributed by atoms with Gasteiger partial charge in [-0.3, -0.25) is 0 Å². The van der Waals surface area contributed by atoms with Gasteiger partial charge >= 0.3 is 0 Å². The van der Waals surface area contributed by atoms with E-state index in [1.165, 1.54) is 34.0 Å². The second-order valence-electron chi connectivity index (χ2n) is 8.92. The third-order valence-electron chi connectivity index (χ3n) is 7.53. The van der Waals surface area contributed by atoms with Crippen LogP contribution < -0.4 is 0 Å². The van der Waals surface area contributed by atoms with E-state index in [0.29, 0.717) is 23.7 Å². The molecule has 1 aromatic carbocycles. The standard InChI is InChI=1S/C23H33IO2/c1-15(10-11-25)18-6-9-21-20(13-17-4-7-19(24)8-5-17)22(26)12-16(2)23(21,3)14-18/h4-5,7-8,10,16,18,20-22,25-26H,6,9,11-14H2,1-3H3/b15-10+/t16-,18-,20+,21+,22-,23+/m1/s1. The smallest absolute Gasteiger partial charge is 0.0615 e.